The van der Waals surface area contributed by atoms with E-state index in [-0.39, 0.29) is 12.3 Å². The van der Waals surface area contributed by atoms with Gasteiger partial charge in [-0.2, -0.15) is 0 Å². The molecule has 0 bridgehead atoms. The van der Waals surface area contributed by atoms with Crippen LogP contribution in [0.1, 0.15) is 19.4 Å². The average molecular weight is 277 g/mol. The van der Waals surface area contributed by atoms with Gasteiger partial charge in [0.2, 0.25) is 0 Å². The van der Waals surface area contributed by atoms with Gasteiger partial charge in [0.25, 0.3) is 0 Å². The van der Waals surface area contributed by atoms with Crippen LogP contribution in [0.5, 0.6) is 5.75 Å². The number of benzene rings is 1. The summed E-state index contributed by atoms with van der Waals surface area (Å²) in [5.41, 5.74) is -0.454. The molecular formula is C12H14F3NO3. The first-order chi connectivity index (χ1) is 8.60. The summed E-state index contributed by atoms with van der Waals surface area (Å²) in [6.07, 6.45) is -4.72. The second-order valence-corrected chi connectivity index (χ2v) is 4.48. The molecule has 0 amide bonds. The van der Waals surface area contributed by atoms with Crippen molar-refractivity contribution in [2.24, 2.45) is 0 Å². The number of aliphatic carboxylic acids is 1. The Hall–Kier alpha value is -1.76. The minimum absolute atomic E-state index is 0.228. The first-order valence-electron chi connectivity index (χ1n) is 5.43. The van der Waals surface area contributed by atoms with Gasteiger partial charge in [-0.1, -0.05) is 12.1 Å². The Morgan fingerprint density at radius 3 is 2.21 bits per heavy atom. The molecule has 4 nitrogen and oxygen atoms in total. The van der Waals surface area contributed by atoms with Crippen molar-refractivity contribution in [1.29, 1.82) is 0 Å². The number of nitrogens with one attached hydrogen (secondary N) is 1. The van der Waals surface area contributed by atoms with Crippen molar-refractivity contribution in [1.82, 2.24) is 5.32 Å². The molecule has 0 spiro atoms. The van der Waals surface area contributed by atoms with Crippen molar-refractivity contribution >= 4 is 5.97 Å². The highest BCUT2D eigenvalue weighted by Crippen LogP contribution is 2.22. The lowest BCUT2D eigenvalue weighted by molar-refractivity contribution is -0.274. The Bertz CT molecular complexity index is 441. The Labute approximate surface area is 108 Å². The van der Waals surface area contributed by atoms with Gasteiger partial charge in [-0.25, -0.2) is 0 Å². The molecule has 7 heteroatoms. The lowest BCUT2D eigenvalue weighted by Crippen LogP contribution is -2.46. The van der Waals surface area contributed by atoms with Gasteiger partial charge >= 0.3 is 12.3 Å². The zero-order chi connectivity index (χ0) is 14.7. The number of carbonyl (C=O) groups is 1. The van der Waals surface area contributed by atoms with Crippen LogP contribution in [0.3, 0.4) is 0 Å². The highest BCUT2D eigenvalue weighted by molar-refractivity contribution is 5.77. The third kappa shape index (κ3) is 5.17. The molecular weight excluding hydrogens is 263 g/mol. The van der Waals surface area contributed by atoms with E-state index in [9.17, 15) is 18.0 Å². The Morgan fingerprint density at radius 1 is 1.26 bits per heavy atom. The van der Waals surface area contributed by atoms with Gasteiger partial charge in [-0.05, 0) is 31.5 Å². The first-order valence-corrected chi connectivity index (χ1v) is 5.43. The third-order valence-electron chi connectivity index (χ3n) is 2.43. The molecule has 0 unspecified atom stereocenters. The number of carboxylic acid groups (broad SMARTS) is 1. The summed E-state index contributed by atoms with van der Waals surface area (Å²) in [4.78, 5) is 10.8. The van der Waals surface area contributed by atoms with Crippen LogP contribution in [-0.2, 0) is 11.3 Å². The largest absolute Gasteiger partial charge is 0.573 e. The topological polar surface area (TPSA) is 58.6 Å². The second-order valence-electron chi connectivity index (χ2n) is 4.48. The van der Waals surface area contributed by atoms with Crippen molar-refractivity contribution in [3.63, 3.8) is 0 Å². The Morgan fingerprint density at radius 2 is 1.79 bits per heavy atom. The fourth-order valence-electron chi connectivity index (χ4n) is 1.21. The van der Waals surface area contributed by atoms with E-state index in [1.807, 2.05) is 0 Å². The fraction of sp³-hybridized carbons (Fsp3) is 0.417. The predicted molar refractivity (Wildman–Crippen MR) is 61.7 cm³/mol. The zero-order valence-electron chi connectivity index (χ0n) is 10.4. The van der Waals surface area contributed by atoms with E-state index in [0.29, 0.717) is 5.56 Å². The molecule has 0 aromatic heterocycles. The van der Waals surface area contributed by atoms with Gasteiger partial charge in [0.15, 0.2) is 0 Å². The lowest BCUT2D eigenvalue weighted by Gasteiger charge is -2.21. The second kappa shape index (κ2) is 5.48. The van der Waals surface area contributed by atoms with E-state index < -0.39 is 17.9 Å². The van der Waals surface area contributed by atoms with Crippen molar-refractivity contribution in [3.8, 4) is 5.75 Å². The Balaban J connectivity index is 2.61. The molecule has 1 aromatic rings. The van der Waals surface area contributed by atoms with Crippen molar-refractivity contribution in [2.45, 2.75) is 32.3 Å². The van der Waals surface area contributed by atoms with Gasteiger partial charge in [0.05, 0.1) is 0 Å². The number of carboxylic acids is 1. The number of hydrogen-bond donors (Lipinski definition) is 2. The molecule has 106 valence electrons. The van der Waals surface area contributed by atoms with Crippen LogP contribution in [-0.4, -0.2) is 23.0 Å². The van der Waals surface area contributed by atoms with Gasteiger partial charge < -0.3 is 9.84 Å². The summed E-state index contributed by atoms with van der Waals surface area (Å²) < 4.78 is 39.5. The van der Waals surface area contributed by atoms with Gasteiger partial charge in [0.1, 0.15) is 11.3 Å². The van der Waals surface area contributed by atoms with Crippen molar-refractivity contribution in [2.75, 3.05) is 0 Å². The molecule has 0 aliphatic heterocycles. The molecule has 1 aromatic carbocycles. The number of rotatable bonds is 5. The molecule has 0 heterocycles. The predicted octanol–water partition coefficient (Wildman–Crippen LogP) is 2.54. The molecule has 0 aliphatic rings. The summed E-state index contributed by atoms with van der Waals surface area (Å²) >= 11 is 0. The van der Waals surface area contributed by atoms with E-state index >= 15 is 0 Å². The van der Waals surface area contributed by atoms with Crippen LogP contribution in [0, 0.1) is 0 Å². The number of alkyl halides is 3. The normalized spacial score (nSPS) is 12.3. The van der Waals surface area contributed by atoms with Crippen molar-refractivity contribution < 1.29 is 27.8 Å². The maximum atomic E-state index is 11.9. The van der Waals surface area contributed by atoms with Crippen LogP contribution in [0.15, 0.2) is 24.3 Å². The minimum atomic E-state index is -4.72. The van der Waals surface area contributed by atoms with Gasteiger partial charge in [-0.15, -0.1) is 13.2 Å². The number of halogens is 3. The van der Waals surface area contributed by atoms with E-state index in [1.165, 1.54) is 38.1 Å². The molecule has 0 radical (unpaired) electrons. The molecule has 0 saturated carbocycles. The fourth-order valence-corrected chi connectivity index (χ4v) is 1.21. The summed E-state index contributed by atoms with van der Waals surface area (Å²) in [5.74, 6) is -1.32. The third-order valence-corrected chi connectivity index (χ3v) is 2.43. The van der Waals surface area contributed by atoms with Crippen LogP contribution < -0.4 is 10.1 Å². The molecule has 19 heavy (non-hydrogen) atoms. The van der Waals surface area contributed by atoms with Gasteiger partial charge in [0, 0.05) is 6.54 Å². The smallest absolute Gasteiger partial charge is 0.480 e. The molecule has 2 N–H and O–H groups in total. The van der Waals surface area contributed by atoms with Gasteiger partial charge in [-0.3, -0.25) is 10.1 Å². The van der Waals surface area contributed by atoms with Crippen LogP contribution >= 0.6 is 0 Å². The quantitative estimate of drug-likeness (QED) is 0.868. The van der Waals surface area contributed by atoms with Crippen LogP contribution in [0.25, 0.3) is 0 Å². The first kappa shape index (κ1) is 15.3. The van der Waals surface area contributed by atoms with E-state index in [1.54, 1.807) is 0 Å². The molecule has 0 saturated heterocycles. The van der Waals surface area contributed by atoms with Crippen molar-refractivity contribution in [3.05, 3.63) is 29.8 Å². The number of hydrogen-bond acceptors (Lipinski definition) is 3. The van der Waals surface area contributed by atoms with Crippen LogP contribution in [0.4, 0.5) is 13.2 Å². The van der Waals surface area contributed by atoms with E-state index in [4.69, 9.17) is 5.11 Å². The van der Waals surface area contributed by atoms with E-state index in [2.05, 4.69) is 10.1 Å². The minimum Gasteiger partial charge on any atom is -0.480 e. The summed E-state index contributed by atoms with van der Waals surface area (Å²) in [6.45, 7) is 3.22. The van der Waals surface area contributed by atoms with Crippen LogP contribution in [0.2, 0.25) is 0 Å². The SMILES string of the molecule is CC(C)(NCc1ccc(OC(F)(F)F)cc1)C(=O)O. The molecule has 0 aliphatic carbocycles. The molecule has 1 rings (SSSR count). The average Bonchev–Trinajstić information content (AvgIpc) is 2.26. The molecule has 0 atom stereocenters. The summed E-state index contributed by atoms with van der Waals surface area (Å²) in [6, 6.07) is 5.23. The maximum absolute atomic E-state index is 11.9. The maximum Gasteiger partial charge on any atom is 0.573 e. The summed E-state index contributed by atoms with van der Waals surface area (Å²) in [7, 11) is 0. The summed E-state index contributed by atoms with van der Waals surface area (Å²) in [5, 5.41) is 11.7. The highest BCUT2D eigenvalue weighted by Gasteiger charge is 2.31. The van der Waals surface area contributed by atoms with E-state index in [0.717, 1.165) is 0 Å². The molecule has 0 fully saturated rings. The zero-order valence-corrected chi connectivity index (χ0v) is 10.4. The number of ether oxygens (including phenoxy) is 1. The highest BCUT2D eigenvalue weighted by atomic mass is 19.4. The Kier molecular flexibility index (Phi) is 4.41. The standard InChI is InChI=1S/C12H14F3NO3/c1-11(2,10(17)18)16-7-8-3-5-9(6-4-8)19-12(13,14)15/h3-6,16H,7H2,1-2H3,(H,17,18). The monoisotopic (exact) mass is 277 g/mol. The lowest BCUT2D eigenvalue weighted by atomic mass is 10.1.